The molecule has 4 rings (SSSR count). The molecule has 8 heteroatoms. The maximum absolute atomic E-state index is 12.9. The number of aryl methyl sites for hydroxylation is 3. The van der Waals surface area contributed by atoms with Gasteiger partial charge in [-0.15, -0.1) is 5.10 Å². The second kappa shape index (κ2) is 8.89. The van der Waals surface area contributed by atoms with Crippen molar-refractivity contribution in [3.8, 4) is 5.88 Å². The third kappa shape index (κ3) is 4.16. The summed E-state index contributed by atoms with van der Waals surface area (Å²) in [5, 5.41) is 5.35. The maximum atomic E-state index is 12.9. The van der Waals surface area contributed by atoms with Crippen LogP contribution in [0.5, 0.6) is 5.88 Å². The largest absolute Gasteiger partial charge is 0.479 e. The molecular formula is C22H33N5O3. The molecule has 164 valence electrons. The lowest BCUT2D eigenvalue weighted by Gasteiger charge is -2.35. The molecular weight excluding hydrogens is 382 g/mol. The molecule has 8 nitrogen and oxygen atoms in total. The first-order valence-corrected chi connectivity index (χ1v) is 11.0. The van der Waals surface area contributed by atoms with Crippen molar-refractivity contribution in [2.45, 2.75) is 45.6 Å². The van der Waals surface area contributed by atoms with E-state index in [1.54, 1.807) is 11.8 Å². The average molecular weight is 416 g/mol. The first kappa shape index (κ1) is 21.1. The molecule has 1 amide bonds. The minimum atomic E-state index is 0.226. The molecule has 0 N–H and O–H groups in total. The van der Waals surface area contributed by atoms with Crippen molar-refractivity contribution in [2.24, 2.45) is 7.05 Å². The molecule has 2 saturated heterocycles. The number of amides is 1. The van der Waals surface area contributed by atoms with Crippen molar-refractivity contribution < 1.29 is 14.3 Å². The molecule has 0 saturated carbocycles. The van der Waals surface area contributed by atoms with Crippen molar-refractivity contribution in [3.05, 3.63) is 16.8 Å². The number of nitrogens with zero attached hydrogens (tertiary/aromatic N) is 5. The van der Waals surface area contributed by atoms with Gasteiger partial charge in [-0.3, -0.25) is 9.69 Å². The van der Waals surface area contributed by atoms with Gasteiger partial charge in [0.05, 0.1) is 18.6 Å². The van der Waals surface area contributed by atoms with E-state index in [0.717, 1.165) is 73.6 Å². The molecule has 2 aromatic rings. The van der Waals surface area contributed by atoms with Gasteiger partial charge in [-0.2, -0.15) is 0 Å². The molecule has 0 spiro atoms. The van der Waals surface area contributed by atoms with Crippen LogP contribution in [0.2, 0.25) is 0 Å². The lowest BCUT2D eigenvalue weighted by Crippen LogP contribution is -2.50. The second-order valence-electron chi connectivity index (χ2n) is 8.45. The summed E-state index contributed by atoms with van der Waals surface area (Å²) < 4.78 is 12.9. The van der Waals surface area contributed by atoms with Gasteiger partial charge in [0.2, 0.25) is 11.8 Å². The Morgan fingerprint density at radius 3 is 2.67 bits per heavy atom. The van der Waals surface area contributed by atoms with E-state index in [9.17, 15) is 4.79 Å². The van der Waals surface area contributed by atoms with Crippen LogP contribution in [-0.4, -0.2) is 83.0 Å². The third-order valence-electron chi connectivity index (χ3n) is 6.52. The van der Waals surface area contributed by atoms with Gasteiger partial charge in [-0.25, -0.2) is 9.67 Å². The quantitative estimate of drug-likeness (QED) is 0.717. The highest BCUT2D eigenvalue weighted by atomic mass is 16.5. The SMILES string of the molecule is COc1nn(C)c2nc(C)c(CCC(=O)N3CCN(CC4CCCO4)CC3)c(C)c12. The fourth-order valence-electron chi connectivity index (χ4n) is 4.75. The molecule has 2 aliphatic rings. The van der Waals surface area contributed by atoms with Gasteiger partial charge in [0.1, 0.15) is 0 Å². The summed E-state index contributed by atoms with van der Waals surface area (Å²) in [5.41, 5.74) is 4.01. The summed E-state index contributed by atoms with van der Waals surface area (Å²) in [6, 6.07) is 0. The normalized spacial score (nSPS) is 20.3. The summed E-state index contributed by atoms with van der Waals surface area (Å²) in [6.07, 6.45) is 3.91. The number of hydrogen-bond donors (Lipinski definition) is 0. The highest BCUT2D eigenvalue weighted by molar-refractivity contribution is 5.86. The van der Waals surface area contributed by atoms with Gasteiger partial charge in [0.25, 0.3) is 0 Å². The molecule has 2 aromatic heterocycles. The molecule has 0 bridgehead atoms. The van der Waals surface area contributed by atoms with E-state index in [4.69, 9.17) is 14.5 Å². The number of carbonyl (C=O) groups is 1. The molecule has 1 atom stereocenters. The zero-order valence-electron chi connectivity index (χ0n) is 18.6. The maximum Gasteiger partial charge on any atom is 0.242 e. The van der Waals surface area contributed by atoms with Gasteiger partial charge in [-0.05, 0) is 44.2 Å². The van der Waals surface area contributed by atoms with Crippen LogP contribution in [0.25, 0.3) is 11.0 Å². The van der Waals surface area contributed by atoms with E-state index in [1.165, 1.54) is 6.42 Å². The monoisotopic (exact) mass is 415 g/mol. The van der Waals surface area contributed by atoms with E-state index < -0.39 is 0 Å². The second-order valence-corrected chi connectivity index (χ2v) is 8.45. The van der Waals surface area contributed by atoms with Crippen LogP contribution >= 0.6 is 0 Å². The number of rotatable bonds is 6. The zero-order valence-corrected chi connectivity index (χ0v) is 18.6. The number of ether oxygens (including phenoxy) is 2. The Morgan fingerprint density at radius 2 is 2.00 bits per heavy atom. The van der Waals surface area contributed by atoms with Crippen LogP contribution in [0.3, 0.4) is 0 Å². The lowest BCUT2D eigenvalue weighted by molar-refractivity contribution is -0.133. The summed E-state index contributed by atoms with van der Waals surface area (Å²) in [5.74, 6) is 0.816. The summed E-state index contributed by atoms with van der Waals surface area (Å²) >= 11 is 0. The van der Waals surface area contributed by atoms with E-state index in [1.807, 2.05) is 18.9 Å². The van der Waals surface area contributed by atoms with Crippen molar-refractivity contribution >= 4 is 16.9 Å². The van der Waals surface area contributed by atoms with Gasteiger partial charge in [0, 0.05) is 58.5 Å². The topological polar surface area (TPSA) is 72.7 Å². The Hall–Kier alpha value is -2.19. The molecule has 1 unspecified atom stereocenters. The van der Waals surface area contributed by atoms with Crippen LogP contribution in [0.1, 0.15) is 36.1 Å². The van der Waals surface area contributed by atoms with E-state index in [-0.39, 0.29) is 5.91 Å². The molecule has 0 radical (unpaired) electrons. The number of methoxy groups -OCH3 is 1. The number of pyridine rings is 1. The smallest absolute Gasteiger partial charge is 0.242 e. The molecule has 2 aliphatic heterocycles. The van der Waals surface area contributed by atoms with Crippen LogP contribution < -0.4 is 4.74 Å². The molecule has 0 aromatic carbocycles. The average Bonchev–Trinajstić information content (AvgIpc) is 3.36. The van der Waals surface area contributed by atoms with E-state index >= 15 is 0 Å². The van der Waals surface area contributed by atoms with Crippen molar-refractivity contribution in [1.82, 2.24) is 24.6 Å². The van der Waals surface area contributed by atoms with Crippen LogP contribution in [0, 0.1) is 13.8 Å². The molecule has 4 heterocycles. The van der Waals surface area contributed by atoms with Crippen LogP contribution in [0.4, 0.5) is 0 Å². The minimum Gasteiger partial charge on any atom is -0.479 e. The van der Waals surface area contributed by atoms with Crippen molar-refractivity contribution in [2.75, 3.05) is 46.4 Å². The predicted octanol–water partition coefficient (Wildman–Crippen LogP) is 1.85. The summed E-state index contributed by atoms with van der Waals surface area (Å²) in [4.78, 5) is 22.0. The van der Waals surface area contributed by atoms with E-state index in [0.29, 0.717) is 24.8 Å². The van der Waals surface area contributed by atoms with Crippen LogP contribution in [0.15, 0.2) is 0 Å². The van der Waals surface area contributed by atoms with Crippen LogP contribution in [-0.2, 0) is 23.0 Å². The zero-order chi connectivity index (χ0) is 21.3. The summed E-state index contributed by atoms with van der Waals surface area (Å²) in [6.45, 7) is 9.45. The molecule has 0 aliphatic carbocycles. The fourth-order valence-corrected chi connectivity index (χ4v) is 4.75. The van der Waals surface area contributed by atoms with Gasteiger partial charge >= 0.3 is 0 Å². The fraction of sp³-hybridized carbons (Fsp3) is 0.682. The van der Waals surface area contributed by atoms with Gasteiger partial charge < -0.3 is 14.4 Å². The highest BCUT2D eigenvalue weighted by Gasteiger charge is 2.25. The number of aromatic nitrogens is 3. The minimum absolute atomic E-state index is 0.226. The highest BCUT2D eigenvalue weighted by Crippen LogP contribution is 2.30. The predicted molar refractivity (Wildman–Crippen MR) is 115 cm³/mol. The Bertz CT molecular complexity index is 911. The Balaban J connectivity index is 1.36. The molecule has 2 fully saturated rings. The Kier molecular flexibility index (Phi) is 6.24. The Labute approximate surface area is 178 Å². The lowest BCUT2D eigenvalue weighted by atomic mass is 10.00. The Morgan fingerprint density at radius 1 is 1.23 bits per heavy atom. The van der Waals surface area contributed by atoms with Crippen molar-refractivity contribution in [3.63, 3.8) is 0 Å². The van der Waals surface area contributed by atoms with Gasteiger partial charge in [0.15, 0.2) is 5.65 Å². The third-order valence-corrected chi connectivity index (χ3v) is 6.52. The number of piperazine rings is 1. The van der Waals surface area contributed by atoms with Crippen molar-refractivity contribution in [1.29, 1.82) is 0 Å². The summed E-state index contributed by atoms with van der Waals surface area (Å²) in [7, 11) is 3.50. The molecule has 30 heavy (non-hydrogen) atoms. The first-order valence-electron chi connectivity index (χ1n) is 11.0. The standard InChI is InChI=1S/C22H33N5O3/c1-15-18(16(2)23-21-20(15)22(29-4)24-25(21)3)7-8-19(28)27-11-9-26(10-12-27)14-17-6-5-13-30-17/h17H,5-14H2,1-4H3. The number of carbonyl (C=O) groups excluding carboxylic acids is 1. The number of hydrogen-bond acceptors (Lipinski definition) is 6. The number of fused-ring (bicyclic) bond motifs is 1. The first-order chi connectivity index (χ1) is 14.5. The van der Waals surface area contributed by atoms with E-state index in [2.05, 4.69) is 16.9 Å². The van der Waals surface area contributed by atoms with Gasteiger partial charge in [-0.1, -0.05) is 0 Å².